The zero-order chi connectivity index (χ0) is 32.0. The third kappa shape index (κ3) is 6.46. The van der Waals surface area contributed by atoms with E-state index in [9.17, 15) is 19.0 Å². The molecule has 2 unspecified atom stereocenters. The van der Waals surface area contributed by atoms with Gasteiger partial charge in [0.15, 0.2) is 29.2 Å². The first-order valence-electron chi connectivity index (χ1n) is 13.1. The maximum Gasteiger partial charge on any atom is 0.386 e. The zero-order valence-electron chi connectivity index (χ0n) is 22.7. The largest absolute Gasteiger partial charge is 0.396 e. The Morgan fingerprint density at radius 3 is 2.82 bits per heavy atom. The number of halogens is 1. The van der Waals surface area contributed by atoms with E-state index < -0.39 is 75.7 Å². The topological polar surface area (TPSA) is 272 Å². The van der Waals surface area contributed by atoms with E-state index in [1.165, 1.54) is 17.0 Å². The number of aliphatic hydroxyl groups excluding tert-OH is 1. The third-order valence-corrected chi connectivity index (χ3v) is 9.52. The molecule has 0 amide bonds. The molecule has 2 aliphatic rings. The standard InChI is InChI=1S/C20H26FN11O9P2S2/c21-12-8(1-2-33)39-18(31-16-13(29-30-31)17(34)28-19(22)27-16)14(12)41-43(36,45)37-5-11-10(40-42(35)44)3-9(38-11)7-4-26-32-15(7)24-6-25-20(32)23/h4,6,8-12,14,18,33,42H,1-3,5H2,(H,35,44)(H,36,45)(H2,23,24,25)(H3,22,27,28,34)/t8-,9-,10+,11-,12+,14-,18-,43?/m1/s1. The predicted molar refractivity (Wildman–Crippen MR) is 159 cm³/mol. The number of hydrogen-bond acceptors (Lipinski definition) is 17. The van der Waals surface area contributed by atoms with Gasteiger partial charge in [-0.25, -0.2) is 18.9 Å². The van der Waals surface area contributed by atoms with Gasteiger partial charge in [-0.3, -0.25) is 23.4 Å². The number of ether oxygens (including phenoxy) is 2. The Hall–Kier alpha value is -2.72. The van der Waals surface area contributed by atoms with E-state index in [4.69, 9.17) is 34.5 Å². The van der Waals surface area contributed by atoms with Crippen molar-refractivity contribution in [1.29, 1.82) is 0 Å². The number of nitrogens with zero attached hydrogens (tertiary/aromatic N) is 8. The molecular formula is C20H26FN11O9P2S2. The molecule has 4 aromatic rings. The van der Waals surface area contributed by atoms with Crippen molar-refractivity contribution < 1.29 is 41.7 Å². The minimum absolute atomic E-state index is 0.0945. The Kier molecular flexibility index (Phi) is 9.18. The predicted octanol–water partition coefficient (Wildman–Crippen LogP) is 0.409. The van der Waals surface area contributed by atoms with Gasteiger partial charge in [-0.1, -0.05) is 29.7 Å². The van der Waals surface area contributed by atoms with E-state index in [0.29, 0.717) is 11.2 Å². The summed E-state index contributed by atoms with van der Waals surface area (Å²) in [5, 5.41) is 21.2. The molecule has 9 atom stereocenters. The Morgan fingerprint density at radius 1 is 1.27 bits per heavy atom. The molecule has 0 aromatic carbocycles. The number of anilines is 2. The van der Waals surface area contributed by atoms with Crippen molar-refractivity contribution in [3.63, 3.8) is 0 Å². The Balaban J connectivity index is 1.21. The fraction of sp³-hybridized carbons (Fsp3) is 0.550. The van der Waals surface area contributed by atoms with Crippen LogP contribution in [0.1, 0.15) is 30.7 Å². The molecule has 0 aliphatic carbocycles. The first kappa shape index (κ1) is 32.2. The number of thiol groups is 2. The summed E-state index contributed by atoms with van der Waals surface area (Å²) in [6.07, 6.45) is -6.09. The molecule has 244 valence electrons. The normalized spacial score (nSPS) is 29.0. The lowest BCUT2D eigenvalue weighted by Crippen LogP contribution is -2.32. The quantitative estimate of drug-likeness (QED) is 0.0909. The summed E-state index contributed by atoms with van der Waals surface area (Å²) in [7, 11) is -2.75. The summed E-state index contributed by atoms with van der Waals surface area (Å²) in [5.74, 6) is -0.175. The van der Waals surface area contributed by atoms with Crippen LogP contribution in [-0.4, -0.2) is 93.5 Å². The number of alkyl halides is 1. The molecule has 20 nitrogen and oxygen atoms in total. The van der Waals surface area contributed by atoms with E-state index in [-0.39, 0.29) is 35.9 Å². The number of nitrogens with one attached hydrogen (secondary N) is 1. The molecular weight excluding hydrogens is 683 g/mol. The van der Waals surface area contributed by atoms with Gasteiger partial charge < -0.3 is 30.6 Å². The van der Waals surface area contributed by atoms with Crippen molar-refractivity contribution >= 4 is 67.2 Å². The van der Waals surface area contributed by atoms with Crippen molar-refractivity contribution in [1.82, 2.24) is 44.5 Å². The van der Waals surface area contributed by atoms with Crippen LogP contribution in [0.4, 0.5) is 16.3 Å². The number of H-pyrrole nitrogens is 1. The molecule has 0 spiro atoms. The zero-order valence-corrected chi connectivity index (χ0v) is 26.4. The second kappa shape index (κ2) is 12.8. The maximum atomic E-state index is 15.6. The number of aliphatic hydroxyl groups is 1. The smallest absolute Gasteiger partial charge is 0.386 e. The highest BCUT2D eigenvalue weighted by Gasteiger charge is 2.51. The number of nitrogen functional groups attached to an aromatic ring is 2. The average molecular weight is 710 g/mol. The monoisotopic (exact) mass is 709 g/mol. The van der Waals surface area contributed by atoms with Crippen LogP contribution in [0.5, 0.6) is 0 Å². The van der Waals surface area contributed by atoms with E-state index in [0.717, 1.165) is 4.68 Å². The fourth-order valence-electron chi connectivity index (χ4n) is 5.14. The van der Waals surface area contributed by atoms with Crippen LogP contribution in [0.15, 0.2) is 17.3 Å². The summed E-state index contributed by atoms with van der Waals surface area (Å²) < 4.78 is 71.6. The molecule has 6 rings (SSSR count). The maximum absolute atomic E-state index is 15.6. The first-order valence-corrected chi connectivity index (χ1v) is 18.4. The SMILES string of the molecule is Nc1nc2c(nnn2[C@@H]2O[C@H](CCO)[C@H](F)[C@H]2OP(=O)(S)OC[C@H]2O[C@@H](c3cnn4c(N)ncnc34)C[C@@H]2O[PH](=O)S)c(=O)[nH]1. The Morgan fingerprint density at radius 2 is 2.07 bits per heavy atom. The van der Waals surface area contributed by atoms with Crippen LogP contribution in [0.2, 0.25) is 0 Å². The summed E-state index contributed by atoms with van der Waals surface area (Å²) >= 11 is 7.90. The van der Waals surface area contributed by atoms with E-state index in [1.807, 2.05) is 0 Å². The number of aromatic amines is 1. The summed E-state index contributed by atoms with van der Waals surface area (Å²) in [6.45, 7) is -5.33. The van der Waals surface area contributed by atoms with Crippen molar-refractivity contribution in [3.05, 3.63) is 28.4 Å². The van der Waals surface area contributed by atoms with Crippen molar-refractivity contribution in [2.24, 2.45) is 0 Å². The second-order valence-electron chi connectivity index (χ2n) is 9.90. The highest BCUT2D eigenvalue weighted by molar-refractivity contribution is 8.44. The van der Waals surface area contributed by atoms with Gasteiger partial charge >= 0.3 is 6.80 Å². The van der Waals surface area contributed by atoms with Crippen molar-refractivity contribution in [3.8, 4) is 0 Å². The number of fused-ring (bicyclic) bond motifs is 2. The van der Waals surface area contributed by atoms with Gasteiger partial charge in [0.05, 0.1) is 31.1 Å². The van der Waals surface area contributed by atoms with E-state index in [1.54, 1.807) is 0 Å². The van der Waals surface area contributed by atoms with Gasteiger partial charge in [0, 0.05) is 18.6 Å². The highest BCUT2D eigenvalue weighted by Crippen LogP contribution is 2.57. The van der Waals surface area contributed by atoms with Gasteiger partial charge in [0.1, 0.15) is 18.5 Å². The minimum Gasteiger partial charge on any atom is -0.396 e. The van der Waals surface area contributed by atoms with Crippen LogP contribution < -0.4 is 17.0 Å². The lowest BCUT2D eigenvalue weighted by atomic mass is 10.1. The fourth-order valence-corrected chi connectivity index (χ4v) is 7.50. The van der Waals surface area contributed by atoms with Crippen LogP contribution >= 0.6 is 38.5 Å². The van der Waals surface area contributed by atoms with Gasteiger partial charge in [-0.05, 0) is 6.42 Å². The molecule has 45 heavy (non-hydrogen) atoms. The number of rotatable bonds is 11. The molecule has 2 aliphatic heterocycles. The van der Waals surface area contributed by atoms with Crippen molar-refractivity contribution in [2.75, 3.05) is 24.7 Å². The molecule has 0 radical (unpaired) electrons. The molecule has 6 N–H and O–H groups in total. The second-order valence-corrected chi connectivity index (χ2v) is 14.6. The average Bonchev–Trinajstić information content (AvgIpc) is 3.74. The van der Waals surface area contributed by atoms with Gasteiger partial charge in [0.25, 0.3) is 5.56 Å². The summed E-state index contributed by atoms with van der Waals surface area (Å²) in [6, 6.07) is 0. The minimum atomic E-state index is -4.42. The molecule has 25 heteroatoms. The van der Waals surface area contributed by atoms with Crippen LogP contribution in [-0.2, 0) is 32.2 Å². The molecule has 6 heterocycles. The highest BCUT2D eigenvalue weighted by atomic mass is 32.7. The summed E-state index contributed by atoms with van der Waals surface area (Å²) in [4.78, 5) is 26.6. The van der Waals surface area contributed by atoms with E-state index >= 15 is 4.39 Å². The lowest BCUT2D eigenvalue weighted by Gasteiger charge is -2.24. The lowest BCUT2D eigenvalue weighted by molar-refractivity contribution is -0.0466. The van der Waals surface area contributed by atoms with E-state index in [2.05, 4.69) is 59.8 Å². The Bertz CT molecular complexity index is 1850. The Labute approximate surface area is 262 Å². The summed E-state index contributed by atoms with van der Waals surface area (Å²) in [5.41, 5.74) is 11.3. The van der Waals surface area contributed by atoms with Gasteiger partial charge in [-0.15, -0.1) is 5.10 Å². The first-order chi connectivity index (χ1) is 21.5. The third-order valence-electron chi connectivity index (χ3n) is 7.09. The van der Waals surface area contributed by atoms with Crippen LogP contribution in [0.3, 0.4) is 0 Å². The number of hydrogen-bond donors (Lipinski definition) is 6. The van der Waals surface area contributed by atoms with Crippen LogP contribution in [0.25, 0.3) is 16.8 Å². The van der Waals surface area contributed by atoms with Gasteiger partial charge in [0.2, 0.25) is 19.1 Å². The van der Waals surface area contributed by atoms with Crippen LogP contribution in [0, 0.1) is 0 Å². The molecule has 2 saturated heterocycles. The number of aromatic nitrogens is 9. The molecule has 0 saturated carbocycles. The molecule has 4 aromatic heterocycles. The molecule has 2 fully saturated rings. The van der Waals surface area contributed by atoms with Gasteiger partial charge in [-0.2, -0.15) is 19.3 Å². The van der Waals surface area contributed by atoms with Crippen molar-refractivity contribution in [2.45, 2.75) is 55.8 Å². The number of nitrogens with two attached hydrogens (primary N) is 2. The molecule has 0 bridgehead atoms.